The van der Waals surface area contributed by atoms with E-state index in [1.54, 1.807) is 36.7 Å². The van der Waals surface area contributed by atoms with Crippen LogP contribution in [0.15, 0.2) is 41.6 Å². The van der Waals surface area contributed by atoms with Gasteiger partial charge in [0.2, 0.25) is 0 Å². The molecule has 0 fully saturated rings. The molecule has 0 aliphatic rings. The lowest BCUT2D eigenvalue weighted by Gasteiger charge is -2.06. The fourth-order valence-electron chi connectivity index (χ4n) is 1.58. The number of nitrogens with one attached hydrogen (secondary N) is 1. The van der Waals surface area contributed by atoms with Gasteiger partial charge in [-0.15, -0.1) is 0 Å². The van der Waals surface area contributed by atoms with Gasteiger partial charge < -0.3 is 5.32 Å². The highest BCUT2D eigenvalue weighted by Crippen LogP contribution is 2.27. The summed E-state index contributed by atoms with van der Waals surface area (Å²) in [5.41, 5.74) is 1.57. The molecule has 1 aromatic heterocycles. The fraction of sp³-hybridized carbons (Fsp3) is 0.231. The number of anilines is 1. The normalized spacial score (nSPS) is 10.7. The highest BCUT2D eigenvalue weighted by atomic mass is 32.2. The molecule has 2 rings (SSSR count). The summed E-state index contributed by atoms with van der Waals surface area (Å²) in [6.07, 6.45) is 3.30. The molecule has 19 heavy (non-hydrogen) atoms. The third kappa shape index (κ3) is 3.89. The van der Waals surface area contributed by atoms with E-state index in [9.17, 15) is 8.78 Å². The van der Waals surface area contributed by atoms with Gasteiger partial charge in [0, 0.05) is 17.0 Å². The number of alkyl halides is 2. The Labute approximate surface area is 114 Å². The molecule has 0 saturated heterocycles. The zero-order chi connectivity index (χ0) is 13.7. The van der Waals surface area contributed by atoms with Crippen molar-refractivity contribution in [3.05, 3.63) is 36.7 Å². The Balaban J connectivity index is 2.19. The average Bonchev–Trinajstić information content (AvgIpc) is 2.40. The topological polar surface area (TPSA) is 37.8 Å². The molecule has 0 amide bonds. The lowest BCUT2D eigenvalue weighted by Crippen LogP contribution is -2.00. The van der Waals surface area contributed by atoms with Gasteiger partial charge in [-0.1, -0.05) is 23.9 Å². The van der Waals surface area contributed by atoms with Crippen molar-refractivity contribution in [2.24, 2.45) is 0 Å². The van der Waals surface area contributed by atoms with Crippen LogP contribution >= 0.6 is 11.8 Å². The molecule has 100 valence electrons. The van der Waals surface area contributed by atoms with Crippen molar-refractivity contribution in [1.82, 2.24) is 9.97 Å². The zero-order valence-electron chi connectivity index (χ0n) is 10.3. The largest absolute Gasteiger partial charge is 0.369 e. The first-order chi connectivity index (χ1) is 9.19. The summed E-state index contributed by atoms with van der Waals surface area (Å²) >= 11 is 0.532. The van der Waals surface area contributed by atoms with Gasteiger partial charge >= 0.3 is 0 Å². The molecule has 0 aliphatic carbocycles. The molecule has 1 heterocycles. The number of hydrogen-bond donors (Lipinski definition) is 1. The van der Waals surface area contributed by atoms with Crippen LogP contribution in [0.25, 0.3) is 11.3 Å². The van der Waals surface area contributed by atoms with E-state index < -0.39 is 5.76 Å². The van der Waals surface area contributed by atoms with Gasteiger partial charge in [0.25, 0.3) is 5.76 Å². The summed E-state index contributed by atoms with van der Waals surface area (Å²) in [4.78, 5) is 9.03. The van der Waals surface area contributed by atoms with Crippen LogP contribution in [0.1, 0.15) is 6.92 Å². The Bertz CT molecular complexity index is 532. The predicted octanol–water partition coefficient (Wildman–Crippen LogP) is 3.89. The summed E-state index contributed by atoms with van der Waals surface area (Å²) in [6, 6.07) is 6.86. The van der Waals surface area contributed by atoms with Crippen molar-refractivity contribution in [2.75, 3.05) is 11.9 Å². The molecule has 0 radical (unpaired) electrons. The van der Waals surface area contributed by atoms with E-state index in [4.69, 9.17) is 0 Å². The first-order valence-corrected chi connectivity index (χ1v) is 6.68. The summed E-state index contributed by atoms with van der Waals surface area (Å²) in [5.74, 6) is -1.70. The predicted molar refractivity (Wildman–Crippen MR) is 73.5 cm³/mol. The third-order valence-electron chi connectivity index (χ3n) is 2.37. The Morgan fingerprint density at radius 2 is 1.95 bits per heavy atom. The molecule has 0 bridgehead atoms. The van der Waals surface area contributed by atoms with Crippen molar-refractivity contribution < 1.29 is 8.78 Å². The highest BCUT2D eigenvalue weighted by Gasteiger charge is 2.06. The molecule has 1 N–H and O–H groups in total. The number of hydrogen-bond acceptors (Lipinski definition) is 4. The maximum atomic E-state index is 12.2. The van der Waals surface area contributed by atoms with Crippen LogP contribution in [0.3, 0.4) is 0 Å². The Morgan fingerprint density at radius 3 is 2.58 bits per heavy atom. The zero-order valence-corrected chi connectivity index (χ0v) is 11.1. The number of halogens is 2. The molecule has 3 nitrogen and oxygen atoms in total. The van der Waals surface area contributed by atoms with Gasteiger partial charge in [0.15, 0.2) is 0 Å². The second-order valence-corrected chi connectivity index (χ2v) is 4.79. The number of aromatic nitrogens is 2. The highest BCUT2D eigenvalue weighted by molar-refractivity contribution is 7.99. The van der Waals surface area contributed by atoms with E-state index in [0.29, 0.717) is 28.2 Å². The van der Waals surface area contributed by atoms with Gasteiger partial charge in [-0.3, -0.25) is 4.98 Å². The maximum absolute atomic E-state index is 12.2. The second kappa shape index (κ2) is 6.47. The Kier molecular flexibility index (Phi) is 4.68. The molecule has 0 saturated carbocycles. The first kappa shape index (κ1) is 13.7. The second-order valence-electron chi connectivity index (χ2n) is 3.72. The van der Waals surface area contributed by atoms with Crippen molar-refractivity contribution in [3.8, 4) is 11.3 Å². The van der Waals surface area contributed by atoms with E-state index >= 15 is 0 Å². The Morgan fingerprint density at radius 1 is 1.21 bits per heavy atom. The van der Waals surface area contributed by atoms with E-state index in [1.807, 2.05) is 6.92 Å². The minimum absolute atomic E-state index is 0.532. The van der Waals surface area contributed by atoms with Crippen molar-refractivity contribution >= 4 is 17.6 Å². The lowest BCUT2D eigenvalue weighted by atomic mass is 10.2. The van der Waals surface area contributed by atoms with Crippen LogP contribution in [0.4, 0.5) is 14.6 Å². The molecule has 1 aromatic carbocycles. The molecular weight excluding hydrogens is 268 g/mol. The van der Waals surface area contributed by atoms with Crippen LogP contribution in [-0.4, -0.2) is 22.3 Å². The fourth-order valence-corrected chi connectivity index (χ4v) is 2.08. The lowest BCUT2D eigenvalue weighted by molar-refractivity contribution is 0.252. The minimum Gasteiger partial charge on any atom is -0.369 e. The van der Waals surface area contributed by atoms with Gasteiger partial charge in [0.05, 0.1) is 18.1 Å². The molecule has 0 atom stereocenters. The number of rotatable bonds is 5. The molecule has 6 heteroatoms. The monoisotopic (exact) mass is 281 g/mol. The number of nitrogens with zero attached hydrogens (tertiary/aromatic N) is 2. The first-order valence-electron chi connectivity index (χ1n) is 5.80. The standard InChI is InChI=1S/C13H13F2N3S/c1-2-17-12-8-16-7-11(18-12)9-3-5-10(6-4-9)19-13(14)15/h3-8,13H,2H2,1H3,(H,17,18). The number of thioether (sulfide) groups is 1. The van der Waals surface area contributed by atoms with Crippen LogP contribution in [0.5, 0.6) is 0 Å². The van der Waals surface area contributed by atoms with Crippen LogP contribution < -0.4 is 5.32 Å². The van der Waals surface area contributed by atoms with Crippen molar-refractivity contribution in [1.29, 1.82) is 0 Å². The summed E-state index contributed by atoms with van der Waals surface area (Å²) in [6.45, 7) is 2.74. The van der Waals surface area contributed by atoms with Crippen LogP contribution in [-0.2, 0) is 0 Å². The maximum Gasteiger partial charge on any atom is 0.288 e. The summed E-state index contributed by atoms with van der Waals surface area (Å²) < 4.78 is 24.4. The smallest absolute Gasteiger partial charge is 0.288 e. The van der Waals surface area contributed by atoms with E-state index in [-0.39, 0.29) is 0 Å². The quantitative estimate of drug-likeness (QED) is 0.844. The third-order valence-corrected chi connectivity index (χ3v) is 3.09. The molecule has 0 unspecified atom stereocenters. The molecule has 0 spiro atoms. The van der Waals surface area contributed by atoms with Crippen molar-refractivity contribution in [2.45, 2.75) is 17.6 Å². The van der Waals surface area contributed by atoms with Gasteiger partial charge in [-0.2, -0.15) is 8.78 Å². The van der Waals surface area contributed by atoms with Gasteiger partial charge in [-0.25, -0.2) is 4.98 Å². The summed E-state index contributed by atoms with van der Waals surface area (Å²) in [7, 11) is 0. The molecule has 0 aliphatic heterocycles. The average molecular weight is 281 g/mol. The summed E-state index contributed by atoms with van der Waals surface area (Å²) in [5, 5.41) is 3.08. The number of benzene rings is 1. The van der Waals surface area contributed by atoms with Crippen LogP contribution in [0, 0.1) is 0 Å². The van der Waals surface area contributed by atoms with E-state index in [0.717, 1.165) is 12.1 Å². The molecular formula is C13H13F2N3S. The van der Waals surface area contributed by atoms with Gasteiger partial charge in [-0.05, 0) is 19.1 Å². The molecule has 2 aromatic rings. The Hall–Kier alpha value is -1.69. The van der Waals surface area contributed by atoms with Crippen LogP contribution in [0.2, 0.25) is 0 Å². The van der Waals surface area contributed by atoms with Crippen molar-refractivity contribution in [3.63, 3.8) is 0 Å². The van der Waals surface area contributed by atoms with E-state index in [2.05, 4.69) is 15.3 Å². The van der Waals surface area contributed by atoms with Gasteiger partial charge in [0.1, 0.15) is 5.82 Å². The van der Waals surface area contributed by atoms with E-state index in [1.165, 1.54) is 0 Å². The minimum atomic E-state index is -2.40. The SMILES string of the molecule is CCNc1cncc(-c2ccc(SC(F)F)cc2)n1.